The first-order chi connectivity index (χ1) is 19.9. The van der Waals surface area contributed by atoms with E-state index in [0.717, 1.165) is 66.4 Å². The third-order valence-electron chi connectivity index (χ3n) is 8.23. The van der Waals surface area contributed by atoms with Gasteiger partial charge in [-0.3, -0.25) is 4.90 Å². The van der Waals surface area contributed by atoms with Crippen LogP contribution in [0.15, 0.2) is 36.4 Å². The smallest absolute Gasteiger partial charge is 0.346 e. The number of aromatic carboxylic acids is 1. The molecule has 0 spiro atoms. The molecule has 0 aliphatic carbocycles. The molecule has 0 amide bonds. The van der Waals surface area contributed by atoms with Crippen molar-refractivity contribution in [2.45, 2.75) is 57.1 Å². The molecule has 12 heteroatoms. The molecule has 3 aliphatic rings. The number of methoxy groups -OCH3 is 1. The van der Waals surface area contributed by atoms with Crippen molar-refractivity contribution in [3.8, 4) is 17.4 Å². The lowest BCUT2D eigenvalue weighted by molar-refractivity contribution is -0.0730. The SMILES string of the molecule is COc1ccc(C2(C)Oc3cccc(C4CCN(Cc5nc6sc(C(=O)O)cc6n5CC5CCO5)CC4)c3O2)nn1. The molecule has 0 radical (unpaired) electrons. The normalized spacial score (nSPS) is 22.6. The van der Waals surface area contributed by atoms with E-state index in [4.69, 9.17) is 23.9 Å². The summed E-state index contributed by atoms with van der Waals surface area (Å²) >= 11 is 1.23. The molecule has 1 aromatic carbocycles. The number of fused-ring (bicyclic) bond motifs is 2. The predicted molar refractivity (Wildman–Crippen MR) is 150 cm³/mol. The summed E-state index contributed by atoms with van der Waals surface area (Å²) < 4.78 is 25.7. The Morgan fingerprint density at radius 2 is 2.00 bits per heavy atom. The quantitative estimate of drug-likeness (QED) is 0.322. The average Bonchev–Trinajstić information content (AvgIpc) is 3.62. The number of thiophene rings is 1. The molecule has 2 saturated heterocycles. The van der Waals surface area contributed by atoms with E-state index in [0.29, 0.717) is 41.2 Å². The first-order valence-electron chi connectivity index (χ1n) is 13.9. The summed E-state index contributed by atoms with van der Waals surface area (Å²) in [6, 6.07) is 11.4. The third-order valence-corrected chi connectivity index (χ3v) is 9.24. The van der Waals surface area contributed by atoms with Gasteiger partial charge < -0.3 is 28.6 Å². The molecule has 0 saturated carbocycles. The lowest BCUT2D eigenvalue weighted by Gasteiger charge is -2.33. The zero-order valence-corrected chi connectivity index (χ0v) is 23.7. The lowest BCUT2D eigenvalue weighted by atomic mass is 9.88. The maximum Gasteiger partial charge on any atom is 0.346 e. The van der Waals surface area contributed by atoms with Gasteiger partial charge >= 0.3 is 5.97 Å². The maximum atomic E-state index is 11.5. The number of likely N-dealkylation sites (tertiary alicyclic amines) is 1. The van der Waals surface area contributed by atoms with Gasteiger partial charge in [-0.25, -0.2) is 9.78 Å². The number of para-hydroxylation sites is 1. The summed E-state index contributed by atoms with van der Waals surface area (Å²) in [5, 5.41) is 17.8. The van der Waals surface area contributed by atoms with E-state index in [-0.39, 0.29) is 6.10 Å². The average molecular weight is 578 g/mol. The van der Waals surface area contributed by atoms with Crippen LogP contribution in [0.5, 0.6) is 17.4 Å². The Morgan fingerprint density at radius 3 is 2.68 bits per heavy atom. The van der Waals surface area contributed by atoms with E-state index in [1.165, 1.54) is 11.3 Å². The van der Waals surface area contributed by atoms with E-state index >= 15 is 0 Å². The maximum absolute atomic E-state index is 11.5. The van der Waals surface area contributed by atoms with Crippen molar-refractivity contribution in [3.05, 3.63) is 58.4 Å². The molecular formula is C29H31N5O6S. The fourth-order valence-corrected chi connectivity index (χ4v) is 6.76. The molecule has 2 fully saturated rings. The molecule has 4 aromatic rings. The number of ether oxygens (including phenoxy) is 4. The van der Waals surface area contributed by atoms with Gasteiger partial charge in [-0.2, -0.15) is 0 Å². The molecule has 3 aromatic heterocycles. The van der Waals surface area contributed by atoms with Gasteiger partial charge in [0.1, 0.15) is 21.2 Å². The number of hydrogen-bond donors (Lipinski definition) is 1. The fraction of sp³-hybridized carbons (Fsp3) is 0.448. The van der Waals surface area contributed by atoms with Crippen LogP contribution < -0.4 is 14.2 Å². The molecule has 214 valence electrons. The van der Waals surface area contributed by atoms with Crippen LogP contribution in [0.3, 0.4) is 0 Å². The topological polar surface area (TPSA) is 121 Å². The molecular weight excluding hydrogens is 546 g/mol. The zero-order chi connectivity index (χ0) is 28.1. The van der Waals surface area contributed by atoms with Crippen molar-refractivity contribution in [1.82, 2.24) is 24.6 Å². The number of piperidine rings is 1. The van der Waals surface area contributed by atoms with Crippen LogP contribution in [0.4, 0.5) is 0 Å². The molecule has 2 unspecified atom stereocenters. The molecule has 3 aliphatic heterocycles. The van der Waals surface area contributed by atoms with Crippen LogP contribution >= 0.6 is 11.3 Å². The minimum atomic E-state index is -1.06. The van der Waals surface area contributed by atoms with Crippen LogP contribution in [-0.4, -0.2) is 68.6 Å². The van der Waals surface area contributed by atoms with Gasteiger partial charge in [0, 0.05) is 25.2 Å². The highest BCUT2D eigenvalue weighted by Crippen LogP contribution is 2.49. The minimum absolute atomic E-state index is 0.155. The van der Waals surface area contributed by atoms with Gasteiger partial charge in [-0.05, 0) is 56.5 Å². The van der Waals surface area contributed by atoms with Gasteiger partial charge in [0.15, 0.2) is 11.5 Å². The number of carboxylic acids is 1. The molecule has 1 N–H and O–H groups in total. The predicted octanol–water partition coefficient (Wildman–Crippen LogP) is 4.41. The number of carbonyl (C=O) groups is 1. The molecule has 6 heterocycles. The van der Waals surface area contributed by atoms with Crippen molar-refractivity contribution in [3.63, 3.8) is 0 Å². The molecule has 7 rings (SSSR count). The van der Waals surface area contributed by atoms with E-state index in [1.54, 1.807) is 19.2 Å². The van der Waals surface area contributed by atoms with Gasteiger partial charge in [-0.15, -0.1) is 21.5 Å². The monoisotopic (exact) mass is 577 g/mol. The van der Waals surface area contributed by atoms with E-state index in [9.17, 15) is 9.90 Å². The fourth-order valence-electron chi connectivity index (χ4n) is 5.87. The van der Waals surface area contributed by atoms with E-state index in [2.05, 4.69) is 25.7 Å². The highest BCUT2D eigenvalue weighted by Gasteiger charge is 2.42. The second-order valence-electron chi connectivity index (χ2n) is 10.9. The first-order valence-corrected chi connectivity index (χ1v) is 14.7. The summed E-state index contributed by atoms with van der Waals surface area (Å²) in [5.74, 6) is 1.24. The lowest BCUT2D eigenvalue weighted by Crippen LogP contribution is -2.35. The second-order valence-corrected chi connectivity index (χ2v) is 11.9. The summed E-state index contributed by atoms with van der Waals surface area (Å²) in [5.41, 5.74) is 2.61. The number of benzene rings is 1. The van der Waals surface area contributed by atoms with Gasteiger partial charge in [0.25, 0.3) is 5.79 Å². The van der Waals surface area contributed by atoms with E-state index < -0.39 is 11.8 Å². The molecule has 41 heavy (non-hydrogen) atoms. The summed E-state index contributed by atoms with van der Waals surface area (Å²) in [4.78, 5) is 19.9. The number of nitrogens with zero attached hydrogens (tertiary/aromatic N) is 5. The van der Waals surface area contributed by atoms with Crippen LogP contribution in [0.2, 0.25) is 0 Å². The highest BCUT2D eigenvalue weighted by molar-refractivity contribution is 7.20. The highest BCUT2D eigenvalue weighted by atomic mass is 32.1. The Morgan fingerprint density at radius 1 is 1.17 bits per heavy atom. The van der Waals surface area contributed by atoms with Crippen LogP contribution in [0.25, 0.3) is 10.3 Å². The molecule has 11 nitrogen and oxygen atoms in total. The largest absolute Gasteiger partial charge is 0.480 e. The summed E-state index contributed by atoms with van der Waals surface area (Å²) in [6.45, 7) is 5.87. The molecule has 0 bridgehead atoms. The number of imidazole rings is 1. The van der Waals surface area contributed by atoms with Gasteiger partial charge in [0.05, 0.1) is 31.8 Å². The Bertz CT molecular complexity index is 1590. The van der Waals surface area contributed by atoms with Crippen molar-refractivity contribution >= 4 is 27.7 Å². The zero-order valence-electron chi connectivity index (χ0n) is 22.9. The van der Waals surface area contributed by atoms with Crippen molar-refractivity contribution in [2.75, 3.05) is 26.8 Å². The van der Waals surface area contributed by atoms with E-state index in [1.807, 2.05) is 25.1 Å². The van der Waals surface area contributed by atoms with Crippen molar-refractivity contribution < 1.29 is 28.8 Å². The molecule has 2 atom stereocenters. The number of aromatic nitrogens is 4. The minimum Gasteiger partial charge on any atom is -0.480 e. The Kier molecular flexibility index (Phi) is 6.56. The second kappa shape index (κ2) is 10.3. The van der Waals surface area contributed by atoms with Crippen LogP contribution in [-0.2, 0) is 23.6 Å². The Balaban J connectivity index is 1.05. The van der Waals surface area contributed by atoms with Crippen molar-refractivity contribution in [2.24, 2.45) is 0 Å². The van der Waals surface area contributed by atoms with Crippen molar-refractivity contribution in [1.29, 1.82) is 0 Å². The van der Waals surface area contributed by atoms with Crippen LogP contribution in [0.1, 0.15) is 58.9 Å². The summed E-state index contributed by atoms with van der Waals surface area (Å²) in [6.07, 6.45) is 3.12. The standard InChI is InChI=1S/C29H31N5O6S/c1-29(23-6-7-25(37-2)32-31-23)39-21-5-3-4-19(26(21)40-29)17-8-11-33(12-9-17)16-24-30-27-20(14-22(41-27)28(35)36)34(24)15-18-10-13-38-18/h3-7,14,17-18H,8-13,15-16H2,1-2H3,(H,35,36). The van der Waals surface area contributed by atoms with Gasteiger partial charge in [0.2, 0.25) is 5.88 Å². The third kappa shape index (κ3) is 4.79. The Labute approximate surface area is 240 Å². The summed E-state index contributed by atoms with van der Waals surface area (Å²) in [7, 11) is 1.55. The Hall–Kier alpha value is -3.74. The van der Waals surface area contributed by atoms with Gasteiger partial charge in [-0.1, -0.05) is 12.1 Å². The number of rotatable bonds is 8. The number of hydrogen-bond acceptors (Lipinski definition) is 10. The number of carboxylic acid groups (broad SMARTS) is 1. The first kappa shape index (κ1) is 26.2. The van der Waals surface area contributed by atoms with Crippen LogP contribution in [0, 0.1) is 0 Å².